The number of nitrogens with zero attached hydrogens (tertiary/aromatic N) is 1. The smallest absolute Gasteiger partial charge is 0.338 e. The zero-order chi connectivity index (χ0) is 19.6. The Bertz CT molecular complexity index is 803. The van der Waals surface area contributed by atoms with Crippen molar-refractivity contribution in [3.05, 3.63) is 59.4 Å². The number of benzene rings is 1. The lowest BCUT2D eigenvalue weighted by atomic mass is 10.2. The maximum atomic E-state index is 12.4. The van der Waals surface area contributed by atoms with Crippen LogP contribution in [-0.2, 0) is 4.74 Å². The average Bonchev–Trinajstić information content (AvgIpc) is 2.69. The van der Waals surface area contributed by atoms with Crippen molar-refractivity contribution in [3.63, 3.8) is 0 Å². The molecule has 0 aliphatic heterocycles. The molecule has 0 saturated carbocycles. The highest BCUT2D eigenvalue weighted by atomic mass is 16.5. The Morgan fingerprint density at radius 1 is 0.963 bits per heavy atom. The van der Waals surface area contributed by atoms with E-state index in [2.05, 4.69) is 15.6 Å². The van der Waals surface area contributed by atoms with Gasteiger partial charge in [-0.15, -0.1) is 0 Å². The van der Waals surface area contributed by atoms with Crippen molar-refractivity contribution in [3.8, 4) is 0 Å². The van der Waals surface area contributed by atoms with Crippen LogP contribution in [0.15, 0.2) is 42.5 Å². The first-order valence-corrected chi connectivity index (χ1v) is 8.89. The third kappa shape index (κ3) is 5.91. The van der Waals surface area contributed by atoms with E-state index >= 15 is 0 Å². The first kappa shape index (κ1) is 20.1. The van der Waals surface area contributed by atoms with Crippen molar-refractivity contribution >= 4 is 23.5 Å². The summed E-state index contributed by atoms with van der Waals surface area (Å²) >= 11 is 0. The molecule has 7 heteroatoms. The first-order valence-electron chi connectivity index (χ1n) is 8.89. The number of esters is 1. The molecule has 1 aromatic heterocycles. The maximum absolute atomic E-state index is 12.4. The van der Waals surface area contributed by atoms with Crippen molar-refractivity contribution in [2.45, 2.75) is 26.7 Å². The van der Waals surface area contributed by atoms with E-state index in [1.165, 1.54) is 6.07 Å². The van der Waals surface area contributed by atoms with Crippen molar-refractivity contribution in [1.82, 2.24) is 10.3 Å². The standard InChI is InChI=1S/C20H23N3O4/c1-3-5-13-21-18(24)16-7-6-8-17(23-16)19(25)22-15-11-9-14(10-12-15)20(26)27-4-2/h6-12H,3-5,13H2,1-2H3,(H,21,24)(H,22,25). The fraction of sp³-hybridized carbons (Fsp3) is 0.300. The van der Waals surface area contributed by atoms with Crippen LogP contribution >= 0.6 is 0 Å². The minimum Gasteiger partial charge on any atom is -0.462 e. The number of nitrogens with one attached hydrogen (secondary N) is 2. The zero-order valence-corrected chi connectivity index (χ0v) is 15.5. The van der Waals surface area contributed by atoms with Gasteiger partial charge in [0.1, 0.15) is 11.4 Å². The fourth-order valence-electron chi connectivity index (χ4n) is 2.26. The van der Waals surface area contributed by atoms with E-state index in [4.69, 9.17) is 4.74 Å². The summed E-state index contributed by atoms with van der Waals surface area (Å²) in [5, 5.41) is 5.46. The van der Waals surface area contributed by atoms with Crippen LogP contribution in [0.4, 0.5) is 5.69 Å². The fourth-order valence-corrected chi connectivity index (χ4v) is 2.26. The van der Waals surface area contributed by atoms with Gasteiger partial charge in [0.15, 0.2) is 0 Å². The van der Waals surface area contributed by atoms with Crippen LogP contribution in [-0.4, -0.2) is 35.9 Å². The number of carbonyl (C=O) groups excluding carboxylic acids is 3. The Labute approximate surface area is 158 Å². The highest BCUT2D eigenvalue weighted by Gasteiger charge is 2.13. The van der Waals surface area contributed by atoms with Crippen LogP contribution in [0, 0.1) is 0 Å². The molecule has 0 atom stereocenters. The molecular weight excluding hydrogens is 346 g/mol. The molecule has 2 aromatic rings. The molecule has 2 rings (SSSR count). The van der Waals surface area contributed by atoms with Crippen LogP contribution in [0.1, 0.15) is 58.0 Å². The molecule has 2 N–H and O–H groups in total. The molecule has 0 saturated heterocycles. The minimum atomic E-state index is -0.443. The number of carbonyl (C=O) groups is 3. The van der Waals surface area contributed by atoms with Gasteiger partial charge in [-0.3, -0.25) is 9.59 Å². The predicted molar refractivity (Wildman–Crippen MR) is 102 cm³/mol. The topological polar surface area (TPSA) is 97.4 Å². The lowest BCUT2D eigenvalue weighted by Crippen LogP contribution is -2.26. The maximum Gasteiger partial charge on any atom is 0.338 e. The molecule has 142 valence electrons. The number of ether oxygens (including phenoxy) is 1. The quantitative estimate of drug-likeness (QED) is 0.551. The third-order valence-corrected chi connectivity index (χ3v) is 3.68. The number of rotatable bonds is 8. The second-order valence-electron chi connectivity index (χ2n) is 5.77. The Hall–Kier alpha value is -3.22. The Morgan fingerprint density at radius 3 is 2.26 bits per heavy atom. The Kier molecular flexibility index (Phi) is 7.49. The highest BCUT2D eigenvalue weighted by molar-refractivity contribution is 6.04. The molecule has 1 aromatic carbocycles. The molecule has 7 nitrogen and oxygen atoms in total. The summed E-state index contributed by atoms with van der Waals surface area (Å²) in [6.45, 7) is 4.64. The highest BCUT2D eigenvalue weighted by Crippen LogP contribution is 2.12. The molecular formula is C20H23N3O4. The summed E-state index contributed by atoms with van der Waals surface area (Å²) in [6.07, 6.45) is 1.86. The predicted octanol–water partition coefficient (Wildman–Crippen LogP) is 3.04. The monoisotopic (exact) mass is 369 g/mol. The largest absolute Gasteiger partial charge is 0.462 e. The van der Waals surface area contributed by atoms with Crippen LogP contribution in [0.3, 0.4) is 0 Å². The minimum absolute atomic E-state index is 0.132. The van der Waals surface area contributed by atoms with Gasteiger partial charge in [0.05, 0.1) is 12.2 Å². The summed E-state index contributed by atoms with van der Waals surface area (Å²) in [5.74, 6) is -1.17. The summed E-state index contributed by atoms with van der Waals surface area (Å²) in [7, 11) is 0. The number of pyridine rings is 1. The molecule has 0 radical (unpaired) electrons. The van der Waals surface area contributed by atoms with E-state index < -0.39 is 11.9 Å². The zero-order valence-electron chi connectivity index (χ0n) is 15.5. The summed E-state index contributed by atoms with van der Waals surface area (Å²) in [4.78, 5) is 40.2. The number of unbranched alkanes of at least 4 members (excludes halogenated alkanes) is 1. The molecule has 0 fully saturated rings. The van der Waals surface area contributed by atoms with E-state index in [0.29, 0.717) is 24.4 Å². The van der Waals surface area contributed by atoms with Crippen LogP contribution in [0.5, 0.6) is 0 Å². The molecule has 0 aliphatic carbocycles. The van der Waals surface area contributed by atoms with Gasteiger partial charge in [-0.05, 0) is 49.7 Å². The Morgan fingerprint density at radius 2 is 1.63 bits per heavy atom. The second kappa shape index (κ2) is 10.1. The van der Waals surface area contributed by atoms with Crippen molar-refractivity contribution in [2.24, 2.45) is 0 Å². The first-order chi connectivity index (χ1) is 13.0. The Balaban J connectivity index is 2.02. The number of amides is 2. The van der Waals surface area contributed by atoms with Gasteiger partial charge in [0, 0.05) is 12.2 Å². The van der Waals surface area contributed by atoms with Crippen LogP contribution < -0.4 is 10.6 Å². The second-order valence-corrected chi connectivity index (χ2v) is 5.77. The van der Waals surface area contributed by atoms with Gasteiger partial charge >= 0.3 is 5.97 Å². The van der Waals surface area contributed by atoms with Crippen molar-refractivity contribution < 1.29 is 19.1 Å². The van der Waals surface area contributed by atoms with Crippen LogP contribution in [0.25, 0.3) is 0 Å². The van der Waals surface area contributed by atoms with Gasteiger partial charge < -0.3 is 15.4 Å². The molecule has 27 heavy (non-hydrogen) atoms. The van der Waals surface area contributed by atoms with Crippen molar-refractivity contribution in [1.29, 1.82) is 0 Å². The van der Waals surface area contributed by atoms with Gasteiger partial charge in [-0.2, -0.15) is 0 Å². The van der Waals surface area contributed by atoms with Crippen molar-refractivity contribution in [2.75, 3.05) is 18.5 Å². The number of hydrogen-bond acceptors (Lipinski definition) is 5. The molecule has 0 aliphatic rings. The van der Waals surface area contributed by atoms with E-state index in [-0.39, 0.29) is 17.3 Å². The van der Waals surface area contributed by atoms with Gasteiger partial charge in [-0.1, -0.05) is 19.4 Å². The lowest BCUT2D eigenvalue weighted by molar-refractivity contribution is 0.0526. The molecule has 0 bridgehead atoms. The van der Waals surface area contributed by atoms with Crippen LogP contribution in [0.2, 0.25) is 0 Å². The molecule has 0 unspecified atom stereocenters. The normalized spacial score (nSPS) is 10.1. The lowest BCUT2D eigenvalue weighted by Gasteiger charge is -2.08. The third-order valence-electron chi connectivity index (χ3n) is 3.68. The van der Waals surface area contributed by atoms with E-state index in [9.17, 15) is 14.4 Å². The van der Waals surface area contributed by atoms with E-state index in [1.807, 2.05) is 6.92 Å². The summed E-state index contributed by atoms with van der Waals surface area (Å²) in [6, 6.07) is 11.0. The van der Waals surface area contributed by atoms with Gasteiger partial charge in [0.25, 0.3) is 11.8 Å². The summed E-state index contributed by atoms with van der Waals surface area (Å²) < 4.78 is 4.91. The van der Waals surface area contributed by atoms with Gasteiger partial charge in [0.2, 0.25) is 0 Å². The number of aromatic nitrogens is 1. The summed E-state index contributed by atoms with van der Waals surface area (Å²) in [5.41, 5.74) is 1.23. The average molecular weight is 369 g/mol. The molecule has 1 heterocycles. The van der Waals surface area contributed by atoms with Gasteiger partial charge in [-0.25, -0.2) is 9.78 Å². The molecule has 0 spiro atoms. The number of anilines is 1. The van der Waals surface area contributed by atoms with E-state index in [1.54, 1.807) is 43.3 Å². The number of hydrogen-bond donors (Lipinski definition) is 2. The molecule has 2 amide bonds. The SMILES string of the molecule is CCCCNC(=O)c1cccc(C(=O)Nc2ccc(C(=O)OCC)cc2)n1. The van der Waals surface area contributed by atoms with E-state index in [0.717, 1.165) is 12.8 Å².